The normalized spacial score (nSPS) is 20.0. The van der Waals surface area contributed by atoms with E-state index < -0.39 is 0 Å². The minimum atomic E-state index is -0.369. The van der Waals surface area contributed by atoms with Crippen molar-refractivity contribution in [1.82, 2.24) is 5.32 Å². The number of benzene rings is 1. The van der Waals surface area contributed by atoms with E-state index in [1.54, 1.807) is 0 Å². The van der Waals surface area contributed by atoms with Crippen LogP contribution in [0, 0.1) is 0 Å². The summed E-state index contributed by atoms with van der Waals surface area (Å²) >= 11 is 0. The Kier molecular flexibility index (Phi) is 2.53. The summed E-state index contributed by atoms with van der Waals surface area (Å²) in [5, 5.41) is 2.64. The van der Waals surface area contributed by atoms with Crippen molar-refractivity contribution in [3.63, 3.8) is 0 Å². The zero-order chi connectivity index (χ0) is 9.80. The number of alkyl carbamates (subject to hydrolysis) is 1. The van der Waals surface area contributed by atoms with Crippen LogP contribution >= 0.6 is 0 Å². The predicted molar refractivity (Wildman–Crippen MR) is 50.2 cm³/mol. The van der Waals surface area contributed by atoms with Crippen LogP contribution in [-0.2, 0) is 4.74 Å². The lowest BCUT2D eigenvalue weighted by Gasteiger charge is -2.09. The number of para-hydroxylation sites is 1. The van der Waals surface area contributed by atoms with Crippen molar-refractivity contribution in [2.75, 3.05) is 13.2 Å². The van der Waals surface area contributed by atoms with Crippen LogP contribution in [0.25, 0.3) is 0 Å². The number of nitrogens with one attached hydrogen (secondary N) is 1. The van der Waals surface area contributed by atoms with Crippen LogP contribution in [0.4, 0.5) is 4.79 Å². The minimum absolute atomic E-state index is 0.0392. The van der Waals surface area contributed by atoms with Gasteiger partial charge in [-0.25, -0.2) is 4.79 Å². The molecule has 1 heterocycles. The molecule has 1 fully saturated rings. The second-order valence-corrected chi connectivity index (χ2v) is 3.06. The molecule has 74 valence electrons. The minimum Gasteiger partial charge on any atom is -0.491 e. The predicted octanol–water partition coefficient (Wildman–Crippen LogP) is 1.17. The van der Waals surface area contributed by atoms with Crippen molar-refractivity contribution in [2.45, 2.75) is 6.04 Å². The van der Waals surface area contributed by atoms with Crippen LogP contribution in [0.2, 0.25) is 0 Å². The third kappa shape index (κ3) is 2.16. The van der Waals surface area contributed by atoms with E-state index >= 15 is 0 Å². The molecule has 0 unspecified atom stereocenters. The van der Waals surface area contributed by atoms with Crippen molar-refractivity contribution < 1.29 is 14.3 Å². The first-order chi connectivity index (χ1) is 6.84. The molecule has 1 aromatic rings. The molecule has 1 aliphatic rings. The van der Waals surface area contributed by atoms with Gasteiger partial charge >= 0.3 is 6.09 Å². The molecule has 0 aromatic heterocycles. The van der Waals surface area contributed by atoms with Crippen molar-refractivity contribution >= 4 is 6.09 Å². The summed E-state index contributed by atoms with van der Waals surface area (Å²) < 4.78 is 10.2. The summed E-state index contributed by atoms with van der Waals surface area (Å²) in [6, 6.07) is 9.43. The molecule has 4 nitrogen and oxygen atoms in total. The Morgan fingerprint density at radius 3 is 2.86 bits per heavy atom. The van der Waals surface area contributed by atoms with Gasteiger partial charge in [-0.05, 0) is 12.1 Å². The maximum Gasteiger partial charge on any atom is 0.407 e. The zero-order valence-electron chi connectivity index (χ0n) is 7.60. The van der Waals surface area contributed by atoms with Crippen LogP contribution in [-0.4, -0.2) is 25.3 Å². The smallest absolute Gasteiger partial charge is 0.407 e. The second-order valence-electron chi connectivity index (χ2n) is 3.06. The highest BCUT2D eigenvalue weighted by Crippen LogP contribution is 2.09. The van der Waals surface area contributed by atoms with Crippen LogP contribution in [0.5, 0.6) is 5.75 Å². The van der Waals surface area contributed by atoms with Gasteiger partial charge in [0.15, 0.2) is 0 Å². The molecule has 1 aromatic carbocycles. The van der Waals surface area contributed by atoms with Crippen molar-refractivity contribution in [2.24, 2.45) is 0 Å². The van der Waals surface area contributed by atoms with Crippen LogP contribution in [0.1, 0.15) is 0 Å². The van der Waals surface area contributed by atoms with Crippen molar-refractivity contribution in [1.29, 1.82) is 0 Å². The highest BCUT2D eigenvalue weighted by molar-refractivity contribution is 5.69. The van der Waals surface area contributed by atoms with Gasteiger partial charge in [-0.1, -0.05) is 18.2 Å². The van der Waals surface area contributed by atoms with E-state index in [1.165, 1.54) is 0 Å². The highest BCUT2D eigenvalue weighted by Gasteiger charge is 2.22. The molecule has 4 heteroatoms. The second kappa shape index (κ2) is 4.00. The number of hydrogen-bond acceptors (Lipinski definition) is 3. The molecule has 0 aliphatic carbocycles. The summed E-state index contributed by atoms with van der Waals surface area (Å²) in [7, 11) is 0. The van der Waals surface area contributed by atoms with Gasteiger partial charge in [0.1, 0.15) is 25.0 Å². The molecule has 1 atom stereocenters. The molecule has 1 saturated heterocycles. The van der Waals surface area contributed by atoms with E-state index in [1.807, 2.05) is 30.3 Å². The van der Waals surface area contributed by atoms with Crippen molar-refractivity contribution in [3.05, 3.63) is 30.3 Å². The molecule has 1 N–H and O–H groups in total. The van der Waals surface area contributed by atoms with Gasteiger partial charge in [-0.15, -0.1) is 0 Å². The monoisotopic (exact) mass is 193 g/mol. The van der Waals surface area contributed by atoms with E-state index in [0.29, 0.717) is 13.2 Å². The average Bonchev–Trinajstić information content (AvgIpc) is 2.63. The Bertz CT molecular complexity index is 312. The van der Waals surface area contributed by atoms with Crippen LogP contribution in [0.15, 0.2) is 30.3 Å². The lowest BCUT2D eigenvalue weighted by atomic mass is 10.3. The summed E-state index contributed by atoms with van der Waals surface area (Å²) in [4.78, 5) is 10.7. The van der Waals surface area contributed by atoms with E-state index in [-0.39, 0.29) is 12.1 Å². The molecule has 0 bridgehead atoms. The van der Waals surface area contributed by atoms with Gasteiger partial charge in [0.25, 0.3) is 0 Å². The molecule has 0 saturated carbocycles. The lowest BCUT2D eigenvalue weighted by molar-refractivity contribution is 0.174. The first-order valence-electron chi connectivity index (χ1n) is 4.46. The molecule has 1 amide bonds. The Morgan fingerprint density at radius 2 is 2.21 bits per heavy atom. The average molecular weight is 193 g/mol. The number of cyclic esters (lactones) is 1. The Labute approximate surface area is 81.8 Å². The first-order valence-corrected chi connectivity index (χ1v) is 4.46. The fraction of sp³-hybridized carbons (Fsp3) is 0.300. The quantitative estimate of drug-likeness (QED) is 0.784. The van der Waals surface area contributed by atoms with E-state index in [2.05, 4.69) is 5.32 Å². The third-order valence-corrected chi connectivity index (χ3v) is 1.93. The molecule has 0 radical (unpaired) electrons. The number of ether oxygens (including phenoxy) is 2. The highest BCUT2D eigenvalue weighted by atomic mass is 16.6. The molecular formula is C10H11NO3. The largest absolute Gasteiger partial charge is 0.491 e. The van der Waals surface area contributed by atoms with E-state index in [0.717, 1.165) is 5.75 Å². The lowest BCUT2D eigenvalue weighted by Crippen LogP contribution is -2.32. The number of amides is 1. The number of carbonyl (C=O) groups is 1. The number of carbonyl (C=O) groups excluding carboxylic acids is 1. The fourth-order valence-electron chi connectivity index (χ4n) is 1.23. The van der Waals surface area contributed by atoms with Crippen LogP contribution in [0.3, 0.4) is 0 Å². The molecular weight excluding hydrogens is 182 g/mol. The number of rotatable bonds is 3. The summed E-state index contributed by atoms with van der Waals surface area (Å²) in [6.45, 7) is 0.821. The summed E-state index contributed by atoms with van der Waals surface area (Å²) in [6.07, 6.45) is -0.369. The Hall–Kier alpha value is -1.71. The van der Waals surface area contributed by atoms with E-state index in [9.17, 15) is 4.79 Å². The maximum atomic E-state index is 10.7. The van der Waals surface area contributed by atoms with Crippen molar-refractivity contribution in [3.8, 4) is 5.75 Å². The van der Waals surface area contributed by atoms with Crippen LogP contribution < -0.4 is 10.1 Å². The summed E-state index contributed by atoms with van der Waals surface area (Å²) in [5.41, 5.74) is 0. The third-order valence-electron chi connectivity index (χ3n) is 1.93. The summed E-state index contributed by atoms with van der Waals surface area (Å²) in [5.74, 6) is 0.800. The SMILES string of the molecule is O=C1N[C@@H](COc2ccccc2)CO1. The van der Waals surface area contributed by atoms with Gasteiger partial charge in [0.05, 0.1) is 0 Å². The van der Waals surface area contributed by atoms with Gasteiger partial charge in [-0.3, -0.25) is 0 Å². The Morgan fingerprint density at radius 1 is 1.43 bits per heavy atom. The van der Waals surface area contributed by atoms with Gasteiger partial charge in [0.2, 0.25) is 0 Å². The van der Waals surface area contributed by atoms with E-state index in [4.69, 9.17) is 9.47 Å². The maximum absolute atomic E-state index is 10.7. The molecule has 0 spiro atoms. The fourth-order valence-corrected chi connectivity index (χ4v) is 1.23. The zero-order valence-corrected chi connectivity index (χ0v) is 7.60. The Balaban J connectivity index is 1.80. The van der Waals surface area contributed by atoms with Gasteiger partial charge in [-0.2, -0.15) is 0 Å². The molecule has 14 heavy (non-hydrogen) atoms. The van der Waals surface area contributed by atoms with Gasteiger partial charge < -0.3 is 14.8 Å². The standard InChI is InChI=1S/C10H11NO3/c12-10-11-8(7-14-10)6-13-9-4-2-1-3-5-9/h1-5,8H,6-7H2,(H,11,12)/t8-/m0/s1. The topological polar surface area (TPSA) is 47.6 Å². The molecule has 1 aliphatic heterocycles. The van der Waals surface area contributed by atoms with Gasteiger partial charge in [0, 0.05) is 0 Å². The first kappa shape index (κ1) is 8.87. The molecule has 2 rings (SSSR count). The number of hydrogen-bond donors (Lipinski definition) is 1.